The molecule has 0 fully saturated rings. The topological polar surface area (TPSA) is 56.7 Å². The summed E-state index contributed by atoms with van der Waals surface area (Å²) in [5.41, 5.74) is 14.4. The average molecular weight is 1070 g/mol. The molecule has 0 aliphatic rings. The monoisotopic (exact) mass is 1070 g/mol. The number of aromatic nitrogens is 4. The van der Waals surface area contributed by atoms with E-state index >= 15 is 0 Å². The fraction of sp³-hybridized carbons (Fsp3) is 0.183. The van der Waals surface area contributed by atoms with Crippen LogP contribution in [0.5, 0.6) is 0 Å². The van der Waals surface area contributed by atoms with Crippen LogP contribution in [0.1, 0.15) is 65.9 Å². The van der Waals surface area contributed by atoms with Crippen LogP contribution in [0.3, 0.4) is 0 Å². The van der Waals surface area contributed by atoms with Gasteiger partial charge >= 0.3 is 0 Å². The Hall–Kier alpha value is -6.50. The second-order valence-corrected chi connectivity index (χ2v) is 24.0. The molecule has 0 N–H and O–H groups in total. The number of nitrogens with zero attached hydrogens (tertiary/aromatic N) is 4. The van der Waals surface area contributed by atoms with E-state index in [1.165, 1.54) is 27.9 Å². The number of imidazole rings is 1. The van der Waals surface area contributed by atoms with E-state index in [-0.39, 0.29) is 31.9 Å². The number of benzene rings is 7. The van der Waals surface area contributed by atoms with Crippen LogP contribution in [-0.2, 0) is 20.1 Å². The molecule has 0 aliphatic carbocycles. The molecule has 0 aliphatic heterocycles. The van der Waals surface area contributed by atoms with Gasteiger partial charge in [-0.3, -0.25) is 4.98 Å². The van der Waals surface area contributed by atoms with Crippen LogP contribution in [0, 0.1) is 25.9 Å². The Morgan fingerprint density at radius 2 is 1.40 bits per heavy atom. The van der Waals surface area contributed by atoms with Crippen LogP contribution in [0.4, 0.5) is 0 Å². The summed E-state index contributed by atoms with van der Waals surface area (Å²) in [4.78, 5) is 14.9. The van der Waals surface area contributed by atoms with Crippen molar-refractivity contribution in [1.29, 1.82) is 0 Å². The van der Waals surface area contributed by atoms with Crippen molar-refractivity contribution in [2.75, 3.05) is 0 Å². The van der Waals surface area contributed by atoms with E-state index in [2.05, 4.69) is 184 Å². The first-order valence-electron chi connectivity index (χ1n) is 24.3. The van der Waals surface area contributed by atoms with E-state index in [0.717, 1.165) is 76.8 Å². The summed E-state index contributed by atoms with van der Waals surface area (Å²) in [7, 11) is -1.75. The first-order valence-corrected chi connectivity index (χ1v) is 26.3. The second-order valence-electron chi connectivity index (χ2n) is 19.0. The maximum absolute atomic E-state index is 7.80. The molecule has 11 aromatic rings. The van der Waals surface area contributed by atoms with Gasteiger partial charge in [0.2, 0.25) is 5.71 Å². The number of para-hydroxylation sites is 2. The van der Waals surface area contributed by atoms with Crippen molar-refractivity contribution < 1.29 is 28.6 Å². The van der Waals surface area contributed by atoms with Gasteiger partial charge in [-0.25, -0.2) is 4.98 Å². The van der Waals surface area contributed by atoms with Crippen LogP contribution in [0.15, 0.2) is 156 Å². The zero-order valence-electron chi connectivity index (χ0n) is 42.1. The van der Waals surface area contributed by atoms with Crippen LogP contribution in [0.2, 0.25) is 19.6 Å². The molecule has 335 valence electrons. The van der Waals surface area contributed by atoms with Crippen molar-refractivity contribution in [2.24, 2.45) is 0 Å². The molecular formula is C60H54IrN4OSi-2. The molecule has 0 saturated carbocycles. The molecule has 0 atom stereocenters. The average Bonchev–Trinajstić information content (AvgIpc) is 3.91. The maximum atomic E-state index is 7.80. The Balaban J connectivity index is 0.000000234. The third-order valence-electron chi connectivity index (χ3n) is 12.6. The molecule has 0 saturated heterocycles. The number of pyridine rings is 2. The Labute approximate surface area is 412 Å². The minimum absolute atomic E-state index is 0. The molecule has 0 bridgehead atoms. The van der Waals surface area contributed by atoms with Crippen LogP contribution in [0.25, 0.3) is 94.2 Å². The van der Waals surface area contributed by atoms with Gasteiger partial charge in [-0.1, -0.05) is 156 Å². The van der Waals surface area contributed by atoms with Gasteiger partial charge in [0.15, 0.2) is 0 Å². The third-order valence-corrected chi connectivity index (χ3v) is 14.6. The Morgan fingerprint density at radius 1 is 0.687 bits per heavy atom. The summed E-state index contributed by atoms with van der Waals surface area (Å²) in [5.74, 6) is 1.35. The molecule has 67 heavy (non-hydrogen) atoms. The van der Waals surface area contributed by atoms with Gasteiger partial charge in [0.25, 0.3) is 0 Å². The van der Waals surface area contributed by atoms with Crippen molar-refractivity contribution in [2.45, 2.75) is 72.9 Å². The molecule has 0 unspecified atom stereocenters. The minimum Gasteiger partial charge on any atom is -0.486 e. The van der Waals surface area contributed by atoms with E-state index in [0.29, 0.717) is 17.0 Å². The van der Waals surface area contributed by atoms with Crippen molar-refractivity contribution in [3.63, 3.8) is 0 Å². The molecule has 11 rings (SSSR count). The number of aryl methyl sites for hydroxylation is 2. The first-order chi connectivity index (χ1) is 33.0. The van der Waals surface area contributed by atoms with Gasteiger partial charge in [-0.05, 0) is 87.5 Å². The summed E-state index contributed by atoms with van der Waals surface area (Å²) in [6, 6.07) is 57.0. The Bertz CT molecular complexity index is 3690. The Morgan fingerprint density at radius 3 is 2.12 bits per heavy atom. The normalized spacial score (nSPS) is 12.7. The Kier molecular flexibility index (Phi) is 11.4. The van der Waals surface area contributed by atoms with Crippen LogP contribution >= 0.6 is 0 Å². The number of hydrogen-bond donors (Lipinski definition) is 0. The SMILES string of the molecule is CC(C)c1cc(-c2ccccc2)cc(C(C)C)c1-n1c(-c2[c-]ccc3c2oc2nc4c(ccc5ccccc54)cc23)nc2ccccc21.[2H]C([2H])([2H])c1cc(-c2[c-]cc(C)cc2)ncc1[Si](C)(C)C.[Ir]. The van der Waals surface area contributed by atoms with Crippen molar-refractivity contribution in [3.05, 3.63) is 186 Å². The van der Waals surface area contributed by atoms with Crippen molar-refractivity contribution in [1.82, 2.24) is 19.5 Å². The van der Waals surface area contributed by atoms with Gasteiger partial charge in [0.05, 0.1) is 36.0 Å². The first kappa shape index (κ1) is 41.9. The number of rotatable bonds is 7. The largest absolute Gasteiger partial charge is 0.486 e. The summed E-state index contributed by atoms with van der Waals surface area (Å²) in [5, 5.41) is 6.27. The van der Waals surface area contributed by atoms with E-state index in [9.17, 15) is 0 Å². The zero-order valence-corrected chi connectivity index (χ0v) is 42.5. The molecule has 0 amide bonds. The standard InChI is InChI=1S/C44H34N3O.C16H20NSi.Ir/c1-26(2)35-24-31(28-13-6-5-7-14-28)25-36(27(3)4)41(35)47-39-20-11-10-19-38(39)45-43(47)34-18-12-17-33-37-23-30-22-21-29-15-8-9-16-32(29)40(30)46-44(37)48-42(33)34;1-12-6-8-14(9-7-12)15-10-13(2)16(11-17-15)18(3,4)5;/h5-17,19-27H,1-4H3;6-8,10-11H,1-5H3;/q2*-1;/i;2D3;. The molecule has 4 aromatic heterocycles. The molecule has 4 heterocycles. The van der Waals surface area contributed by atoms with Gasteiger partial charge in [-0.15, -0.1) is 53.6 Å². The molecule has 0 spiro atoms. The predicted octanol–water partition coefficient (Wildman–Crippen LogP) is 15.7. The molecule has 1 radical (unpaired) electrons. The number of fused-ring (bicyclic) bond motifs is 7. The summed E-state index contributed by atoms with van der Waals surface area (Å²) in [6.45, 7) is 15.4. The van der Waals surface area contributed by atoms with E-state index in [4.69, 9.17) is 18.5 Å². The quantitative estimate of drug-likeness (QED) is 0.0907. The van der Waals surface area contributed by atoms with Crippen LogP contribution in [-0.4, -0.2) is 27.6 Å². The minimum atomic E-state index is -2.11. The fourth-order valence-electron chi connectivity index (χ4n) is 9.13. The zero-order chi connectivity index (χ0) is 48.4. The smallest absolute Gasteiger partial charge is 0.216 e. The number of hydrogen-bond acceptors (Lipinski definition) is 4. The van der Waals surface area contributed by atoms with Crippen LogP contribution < -0.4 is 5.19 Å². The fourth-order valence-corrected chi connectivity index (χ4v) is 10.5. The molecular weight excluding hydrogens is 1010 g/mol. The summed E-state index contributed by atoms with van der Waals surface area (Å²) < 4.78 is 32.5. The van der Waals surface area contributed by atoms with Crippen molar-refractivity contribution in [3.8, 4) is 39.5 Å². The second kappa shape index (κ2) is 18.3. The predicted molar refractivity (Wildman–Crippen MR) is 280 cm³/mol. The molecule has 7 heteroatoms. The summed E-state index contributed by atoms with van der Waals surface area (Å²) in [6.07, 6.45) is 1.75. The van der Waals surface area contributed by atoms with Gasteiger partial charge in [-0.2, -0.15) is 0 Å². The molecule has 5 nitrogen and oxygen atoms in total. The third kappa shape index (κ3) is 8.57. The van der Waals surface area contributed by atoms with Gasteiger partial charge in [0, 0.05) is 52.3 Å². The summed E-state index contributed by atoms with van der Waals surface area (Å²) >= 11 is 0. The van der Waals surface area contributed by atoms with E-state index in [1.807, 2.05) is 31.2 Å². The van der Waals surface area contributed by atoms with Gasteiger partial charge in [0.1, 0.15) is 0 Å². The van der Waals surface area contributed by atoms with Gasteiger partial charge < -0.3 is 14.0 Å². The molecule has 7 aromatic carbocycles. The van der Waals surface area contributed by atoms with E-state index < -0.39 is 14.9 Å². The maximum Gasteiger partial charge on any atom is 0.216 e. The number of furan rings is 1. The van der Waals surface area contributed by atoms with E-state index in [1.54, 1.807) is 12.3 Å². The van der Waals surface area contributed by atoms with Crippen molar-refractivity contribution >= 4 is 68.0 Å².